The van der Waals surface area contributed by atoms with Crippen LogP contribution < -0.4 is 0 Å². The monoisotopic (exact) mass is 310 g/mol. The maximum absolute atomic E-state index is 13.0. The van der Waals surface area contributed by atoms with Gasteiger partial charge in [0.2, 0.25) is 0 Å². The first-order valence-corrected chi connectivity index (χ1v) is 8.37. The molecule has 2 saturated heterocycles. The van der Waals surface area contributed by atoms with Gasteiger partial charge in [0.1, 0.15) is 5.76 Å². The van der Waals surface area contributed by atoms with Crippen LogP contribution >= 0.6 is 0 Å². The molecule has 2 atom stereocenters. The van der Waals surface area contributed by atoms with Crippen molar-refractivity contribution in [3.63, 3.8) is 0 Å². The first-order valence-electron chi connectivity index (χ1n) is 8.37. The molecule has 0 saturated carbocycles. The molecule has 1 aromatic carbocycles. The molecule has 4 heteroatoms. The third-order valence-corrected chi connectivity index (χ3v) is 5.16. The molecule has 23 heavy (non-hydrogen) atoms. The first-order chi connectivity index (χ1) is 11.2. The number of furan rings is 1. The highest BCUT2D eigenvalue weighted by Crippen LogP contribution is 2.31. The first kappa shape index (κ1) is 14.5. The molecule has 0 radical (unpaired) electrons. The molecule has 0 N–H and O–H groups in total. The average Bonchev–Trinajstić information content (AvgIpc) is 3.18. The van der Waals surface area contributed by atoms with E-state index in [-0.39, 0.29) is 5.91 Å². The van der Waals surface area contributed by atoms with Crippen LogP contribution in [0.15, 0.2) is 47.1 Å². The maximum atomic E-state index is 13.0. The Morgan fingerprint density at radius 3 is 2.61 bits per heavy atom. The average molecular weight is 310 g/mol. The van der Waals surface area contributed by atoms with Gasteiger partial charge in [-0.25, -0.2) is 0 Å². The number of carbonyl (C=O) groups excluding carboxylic acids is 1. The van der Waals surface area contributed by atoms with Crippen LogP contribution in [0.25, 0.3) is 11.3 Å². The number of nitrogens with zero attached hydrogens (tertiary/aromatic N) is 2. The zero-order valence-electron chi connectivity index (χ0n) is 13.4. The summed E-state index contributed by atoms with van der Waals surface area (Å²) in [5.41, 5.74) is 1.78. The molecule has 1 amide bonds. The molecule has 3 heterocycles. The van der Waals surface area contributed by atoms with Crippen LogP contribution in [0.5, 0.6) is 0 Å². The van der Waals surface area contributed by atoms with Crippen molar-refractivity contribution in [3.05, 3.63) is 48.2 Å². The Hall–Kier alpha value is -2.07. The summed E-state index contributed by atoms with van der Waals surface area (Å²) in [5, 5.41) is 0. The molecule has 2 fully saturated rings. The SMILES string of the molecule is CN1CC[C@H]2CC[C@@H](C1)N2C(=O)c1ccc(-c2ccco2)cc1. The Balaban J connectivity index is 1.57. The number of amides is 1. The minimum Gasteiger partial charge on any atom is -0.464 e. The second-order valence-electron chi connectivity index (χ2n) is 6.70. The summed E-state index contributed by atoms with van der Waals surface area (Å²) in [5.74, 6) is 1.01. The summed E-state index contributed by atoms with van der Waals surface area (Å²) >= 11 is 0. The maximum Gasteiger partial charge on any atom is 0.254 e. The molecule has 4 rings (SSSR count). The van der Waals surface area contributed by atoms with Crippen LogP contribution in [0.2, 0.25) is 0 Å². The van der Waals surface area contributed by atoms with Crippen molar-refractivity contribution < 1.29 is 9.21 Å². The van der Waals surface area contributed by atoms with E-state index in [1.807, 2.05) is 36.4 Å². The lowest BCUT2D eigenvalue weighted by molar-refractivity contribution is 0.0673. The summed E-state index contributed by atoms with van der Waals surface area (Å²) in [6.45, 7) is 2.08. The molecule has 2 bridgehead atoms. The van der Waals surface area contributed by atoms with E-state index in [2.05, 4.69) is 16.8 Å². The van der Waals surface area contributed by atoms with E-state index in [9.17, 15) is 4.79 Å². The van der Waals surface area contributed by atoms with Crippen LogP contribution in [-0.2, 0) is 0 Å². The van der Waals surface area contributed by atoms with Gasteiger partial charge >= 0.3 is 0 Å². The van der Waals surface area contributed by atoms with Crippen LogP contribution in [0, 0.1) is 0 Å². The number of benzene rings is 1. The smallest absolute Gasteiger partial charge is 0.254 e. The van der Waals surface area contributed by atoms with Gasteiger partial charge in [0.15, 0.2) is 0 Å². The van der Waals surface area contributed by atoms with E-state index >= 15 is 0 Å². The number of carbonyl (C=O) groups is 1. The van der Waals surface area contributed by atoms with Crippen LogP contribution in [0.4, 0.5) is 0 Å². The van der Waals surface area contributed by atoms with Gasteiger partial charge in [-0.1, -0.05) is 12.1 Å². The third kappa shape index (κ3) is 2.68. The fourth-order valence-electron chi connectivity index (χ4n) is 3.94. The summed E-state index contributed by atoms with van der Waals surface area (Å²) in [4.78, 5) is 17.5. The number of hydrogen-bond acceptors (Lipinski definition) is 3. The van der Waals surface area contributed by atoms with E-state index < -0.39 is 0 Å². The number of likely N-dealkylation sites (tertiary alicyclic amines) is 1. The molecule has 2 aliphatic heterocycles. The van der Waals surface area contributed by atoms with E-state index in [1.165, 1.54) is 0 Å². The van der Waals surface area contributed by atoms with Gasteiger partial charge in [-0.15, -0.1) is 0 Å². The van der Waals surface area contributed by atoms with Gasteiger partial charge in [0, 0.05) is 29.8 Å². The minimum absolute atomic E-state index is 0.179. The Morgan fingerprint density at radius 2 is 1.87 bits per heavy atom. The van der Waals surface area contributed by atoms with Gasteiger partial charge in [0.05, 0.1) is 6.26 Å². The Labute approximate surface area is 136 Å². The Kier molecular flexibility index (Phi) is 3.69. The quantitative estimate of drug-likeness (QED) is 0.854. The van der Waals surface area contributed by atoms with Crippen molar-refractivity contribution in [2.75, 3.05) is 20.1 Å². The zero-order valence-corrected chi connectivity index (χ0v) is 13.4. The molecular weight excluding hydrogens is 288 g/mol. The van der Waals surface area contributed by atoms with Gasteiger partial charge in [-0.05, 0) is 57.1 Å². The number of hydrogen-bond donors (Lipinski definition) is 0. The number of likely N-dealkylation sites (N-methyl/N-ethyl adjacent to an activating group) is 1. The largest absolute Gasteiger partial charge is 0.464 e. The molecular formula is C19H22N2O2. The van der Waals surface area contributed by atoms with Crippen LogP contribution in [0.1, 0.15) is 29.6 Å². The molecule has 120 valence electrons. The standard InChI is InChI=1S/C19H22N2O2/c1-20-11-10-16-8-9-17(13-20)21(16)19(22)15-6-4-14(5-7-15)18-3-2-12-23-18/h2-7,12,16-17H,8-11,13H2,1H3/t16-,17+/m1/s1. The van der Waals surface area contributed by atoms with E-state index in [0.29, 0.717) is 12.1 Å². The minimum atomic E-state index is 0.179. The molecule has 0 spiro atoms. The highest BCUT2D eigenvalue weighted by atomic mass is 16.3. The molecule has 0 unspecified atom stereocenters. The van der Waals surface area contributed by atoms with E-state index in [1.54, 1.807) is 6.26 Å². The van der Waals surface area contributed by atoms with Crippen molar-refractivity contribution in [1.82, 2.24) is 9.80 Å². The van der Waals surface area contributed by atoms with Gasteiger partial charge in [-0.3, -0.25) is 4.79 Å². The van der Waals surface area contributed by atoms with Crippen LogP contribution in [-0.4, -0.2) is 47.9 Å². The van der Waals surface area contributed by atoms with E-state index in [0.717, 1.165) is 49.2 Å². The van der Waals surface area contributed by atoms with E-state index in [4.69, 9.17) is 4.42 Å². The summed E-state index contributed by atoms with van der Waals surface area (Å²) in [7, 11) is 2.15. The van der Waals surface area contributed by atoms with Crippen molar-refractivity contribution in [2.45, 2.75) is 31.3 Å². The second kappa shape index (κ2) is 5.85. The topological polar surface area (TPSA) is 36.7 Å². The molecule has 4 nitrogen and oxygen atoms in total. The molecule has 1 aromatic heterocycles. The Morgan fingerprint density at radius 1 is 1.09 bits per heavy atom. The van der Waals surface area contributed by atoms with Gasteiger partial charge < -0.3 is 14.2 Å². The molecule has 2 aliphatic rings. The lowest BCUT2D eigenvalue weighted by Crippen LogP contribution is -2.42. The third-order valence-electron chi connectivity index (χ3n) is 5.16. The fraction of sp³-hybridized carbons (Fsp3) is 0.421. The summed E-state index contributed by atoms with van der Waals surface area (Å²) in [6, 6.07) is 12.4. The number of rotatable bonds is 2. The highest BCUT2D eigenvalue weighted by Gasteiger charge is 2.39. The van der Waals surface area contributed by atoms with Gasteiger partial charge in [0.25, 0.3) is 5.91 Å². The fourth-order valence-corrected chi connectivity index (χ4v) is 3.94. The predicted octanol–water partition coefficient (Wildman–Crippen LogP) is 3.26. The molecule has 2 aromatic rings. The lowest BCUT2D eigenvalue weighted by Gasteiger charge is -2.28. The second-order valence-corrected chi connectivity index (χ2v) is 6.70. The van der Waals surface area contributed by atoms with Crippen molar-refractivity contribution in [2.24, 2.45) is 0 Å². The van der Waals surface area contributed by atoms with Crippen LogP contribution in [0.3, 0.4) is 0 Å². The van der Waals surface area contributed by atoms with Gasteiger partial charge in [-0.2, -0.15) is 0 Å². The number of fused-ring (bicyclic) bond motifs is 2. The van der Waals surface area contributed by atoms with Crippen molar-refractivity contribution >= 4 is 5.91 Å². The summed E-state index contributed by atoms with van der Waals surface area (Å²) in [6.07, 6.45) is 5.03. The summed E-state index contributed by atoms with van der Waals surface area (Å²) < 4.78 is 5.41. The normalized spacial score (nSPS) is 24.7. The van der Waals surface area contributed by atoms with Crippen molar-refractivity contribution in [1.29, 1.82) is 0 Å². The zero-order chi connectivity index (χ0) is 15.8. The predicted molar refractivity (Wildman–Crippen MR) is 89.2 cm³/mol. The lowest BCUT2D eigenvalue weighted by atomic mass is 10.1. The highest BCUT2D eigenvalue weighted by molar-refractivity contribution is 5.95. The molecule has 0 aliphatic carbocycles. The Bertz CT molecular complexity index is 678. The van der Waals surface area contributed by atoms with Crippen molar-refractivity contribution in [3.8, 4) is 11.3 Å².